The minimum absolute atomic E-state index is 0.866. The van der Waals surface area contributed by atoms with Crippen LogP contribution in [0.3, 0.4) is 0 Å². The van der Waals surface area contributed by atoms with Crippen molar-refractivity contribution in [1.29, 1.82) is 0 Å². The van der Waals surface area contributed by atoms with E-state index in [0.29, 0.717) is 0 Å². The van der Waals surface area contributed by atoms with Crippen molar-refractivity contribution in [3.63, 3.8) is 0 Å². The first-order valence-corrected chi connectivity index (χ1v) is 4.60. The highest BCUT2D eigenvalue weighted by Gasteiger charge is 2.25. The topological polar surface area (TPSA) is 3.24 Å². The highest BCUT2D eigenvalue weighted by Crippen LogP contribution is 2.26. The number of hydrogen-bond donors (Lipinski definition) is 0. The van der Waals surface area contributed by atoms with Gasteiger partial charge in [0.05, 0.1) is 0 Å². The van der Waals surface area contributed by atoms with Crippen molar-refractivity contribution in [2.45, 2.75) is 25.4 Å². The van der Waals surface area contributed by atoms with Crippen LogP contribution in [0.5, 0.6) is 0 Å². The van der Waals surface area contributed by atoms with Gasteiger partial charge in [-0.25, -0.2) is 0 Å². The zero-order valence-electron chi connectivity index (χ0n) is 7.53. The van der Waals surface area contributed by atoms with Crippen molar-refractivity contribution in [3.05, 3.63) is 35.9 Å². The smallest absolute Gasteiger partial charge is 0.0233 e. The summed E-state index contributed by atoms with van der Waals surface area (Å²) in [4.78, 5) is 2.44. The summed E-state index contributed by atoms with van der Waals surface area (Å²) >= 11 is 0. The fourth-order valence-electron chi connectivity index (χ4n) is 1.52. The Morgan fingerprint density at radius 2 is 1.92 bits per heavy atom. The van der Waals surface area contributed by atoms with Gasteiger partial charge in [0.15, 0.2) is 0 Å². The summed E-state index contributed by atoms with van der Waals surface area (Å²) in [5, 5.41) is 0. The van der Waals surface area contributed by atoms with Gasteiger partial charge in [0.1, 0.15) is 0 Å². The van der Waals surface area contributed by atoms with E-state index in [4.69, 9.17) is 0 Å². The second-order valence-corrected chi connectivity index (χ2v) is 3.63. The second-order valence-electron chi connectivity index (χ2n) is 3.63. The van der Waals surface area contributed by atoms with Crippen molar-refractivity contribution in [3.8, 4) is 0 Å². The maximum Gasteiger partial charge on any atom is 0.0233 e. The predicted octanol–water partition coefficient (Wildman–Crippen LogP) is 2.28. The summed E-state index contributed by atoms with van der Waals surface area (Å²) in [6, 6.07) is 11.5. The van der Waals surface area contributed by atoms with E-state index in [2.05, 4.69) is 42.3 Å². The van der Waals surface area contributed by atoms with E-state index in [1.54, 1.807) is 0 Å². The summed E-state index contributed by atoms with van der Waals surface area (Å²) in [7, 11) is 2.21. The van der Waals surface area contributed by atoms with Crippen LogP contribution in [0.4, 0.5) is 0 Å². The first kappa shape index (κ1) is 7.81. The number of benzene rings is 1. The molecule has 0 aromatic heterocycles. The molecule has 1 aromatic carbocycles. The van der Waals surface area contributed by atoms with Crippen LogP contribution in [-0.2, 0) is 6.54 Å². The van der Waals surface area contributed by atoms with Crippen LogP contribution in [-0.4, -0.2) is 18.0 Å². The summed E-state index contributed by atoms with van der Waals surface area (Å²) in [6.07, 6.45) is 2.78. The maximum absolute atomic E-state index is 2.44. The van der Waals surface area contributed by atoms with Gasteiger partial charge in [-0.3, -0.25) is 4.90 Å². The molecule has 0 saturated heterocycles. The second kappa shape index (κ2) is 3.28. The molecule has 1 heteroatoms. The minimum Gasteiger partial charge on any atom is -0.299 e. The molecule has 0 N–H and O–H groups in total. The van der Waals surface area contributed by atoms with Gasteiger partial charge in [0.25, 0.3) is 0 Å². The van der Waals surface area contributed by atoms with Crippen LogP contribution < -0.4 is 0 Å². The van der Waals surface area contributed by atoms with Gasteiger partial charge in [-0.2, -0.15) is 0 Å². The Morgan fingerprint density at radius 1 is 1.25 bits per heavy atom. The summed E-state index contributed by atoms with van der Waals surface area (Å²) < 4.78 is 0. The molecule has 2 rings (SSSR count). The molecule has 1 aliphatic rings. The van der Waals surface area contributed by atoms with Crippen molar-refractivity contribution < 1.29 is 0 Å². The van der Waals surface area contributed by atoms with Crippen molar-refractivity contribution in [2.75, 3.05) is 7.05 Å². The molecule has 1 saturated carbocycles. The van der Waals surface area contributed by atoms with Gasteiger partial charge in [-0.15, -0.1) is 0 Å². The van der Waals surface area contributed by atoms with Crippen LogP contribution >= 0.6 is 0 Å². The standard InChI is InChI=1S/C11H15N/c1-12(11-7-8-11)9-10-5-3-2-4-6-10/h2-6,11H,7-9H2,1H3. The molecule has 0 bridgehead atoms. The van der Waals surface area contributed by atoms with Crippen LogP contribution in [0.15, 0.2) is 30.3 Å². The lowest BCUT2D eigenvalue weighted by Crippen LogP contribution is -2.19. The van der Waals surface area contributed by atoms with Gasteiger partial charge in [-0.05, 0) is 25.5 Å². The monoisotopic (exact) mass is 161 g/mol. The van der Waals surface area contributed by atoms with Gasteiger partial charge in [0.2, 0.25) is 0 Å². The summed E-state index contributed by atoms with van der Waals surface area (Å²) in [5.74, 6) is 0. The fourth-order valence-corrected chi connectivity index (χ4v) is 1.52. The van der Waals surface area contributed by atoms with Gasteiger partial charge in [0, 0.05) is 12.6 Å². The molecule has 1 fully saturated rings. The Morgan fingerprint density at radius 3 is 2.50 bits per heavy atom. The van der Waals surface area contributed by atoms with E-state index in [-0.39, 0.29) is 0 Å². The minimum atomic E-state index is 0.866. The van der Waals surface area contributed by atoms with Gasteiger partial charge in [-0.1, -0.05) is 30.3 Å². The number of rotatable bonds is 3. The Hall–Kier alpha value is -0.820. The lowest BCUT2D eigenvalue weighted by Gasteiger charge is -2.14. The highest BCUT2D eigenvalue weighted by molar-refractivity contribution is 5.14. The molecule has 1 aromatic rings. The maximum atomic E-state index is 2.44. The first-order chi connectivity index (χ1) is 5.86. The lowest BCUT2D eigenvalue weighted by molar-refractivity contribution is 0.316. The molecule has 0 atom stereocenters. The molecule has 0 unspecified atom stereocenters. The van der Waals surface area contributed by atoms with E-state index in [1.807, 2.05) is 0 Å². The van der Waals surface area contributed by atoms with E-state index >= 15 is 0 Å². The molecule has 12 heavy (non-hydrogen) atoms. The van der Waals surface area contributed by atoms with Gasteiger partial charge >= 0.3 is 0 Å². The van der Waals surface area contributed by atoms with Crippen LogP contribution in [0.2, 0.25) is 0 Å². The molecule has 0 heterocycles. The molecule has 0 amide bonds. The Labute approximate surface area is 74.0 Å². The zero-order chi connectivity index (χ0) is 8.39. The molecule has 0 radical (unpaired) electrons. The van der Waals surface area contributed by atoms with Crippen LogP contribution in [0.25, 0.3) is 0 Å². The quantitative estimate of drug-likeness (QED) is 0.657. The van der Waals surface area contributed by atoms with E-state index in [1.165, 1.54) is 18.4 Å². The summed E-state index contributed by atoms with van der Waals surface area (Å²) in [6.45, 7) is 1.10. The van der Waals surface area contributed by atoms with E-state index in [9.17, 15) is 0 Å². The molecular formula is C11H15N. The zero-order valence-corrected chi connectivity index (χ0v) is 7.53. The third-order valence-electron chi connectivity index (χ3n) is 2.45. The predicted molar refractivity (Wildman–Crippen MR) is 50.9 cm³/mol. The summed E-state index contributed by atoms with van der Waals surface area (Å²) in [5.41, 5.74) is 1.42. The van der Waals surface area contributed by atoms with Crippen molar-refractivity contribution in [2.24, 2.45) is 0 Å². The Bertz CT molecular complexity index is 238. The van der Waals surface area contributed by atoms with Crippen molar-refractivity contribution >= 4 is 0 Å². The van der Waals surface area contributed by atoms with Gasteiger partial charge < -0.3 is 0 Å². The van der Waals surface area contributed by atoms with Crippen LogP contribution in [0, 0.1) is 0 Å². The Kier molecular flexibility index (Phi) is 2.13. The fraction of sp³-hybridized carbons (Fsp3) is 0.455. The number of nitrogens with zero attached hydrogens (tertiary/aromatic N) is 1. The molecule has 1 aliphatic carbocycles. The number of hydrogen-bond acceptors (Lipinski definition) is 1. The first-order valence-electron chi connectivity index (χ1n) is 4.60. The molecule has 0 spiro atoms. The molecule has 64 valence electrons. The van der Waals surface area contributed by atoms with Crippen LogP contribution in [0.1, 0.15) is 18.4 Å². The molecule has 1 nitrogen and oxygen atoms in total. The SMILES string of the molecule is CN(Cc1ccccc1)C1CC1. The molecule has 0 aliphatic heterocycles. The molecular weight excluding hydrogens is 146 g/mol. The lowest BCUT2D eigenvalue weighted by atomic mass is 10.2. The third kappa shape index (κ3) is 1.86. The average Bonchev–Trinajstić information content (AvgIpc) is 2.88. The normalized spacial score (nSPS) is 16.8. The van der Waals surface area contributed by atoms with Crippen molar-refractivity contribution in [1.82, 2.24) is 4.90 Å². The van der Waals surface area contributed by atoms with E-state index < -0.39 is 0 Å². The third-order valence-corrected chi connectivity index (χ3v) is 2.45. The average molecular weight is 161 g/mol. The Balaban J connectivity index is 1.94. The highest BCUT2D eigenvalue weighted by atomic mass is 15.1. The largest absolute Gasteiger partial charge is 0.299 e. The van der Waals surface area contributed by atoms with E-state index in [0.717, 1.165) is 12.6 Å².